The smallest absolute Gasteiger partial charge is 0.319 e. The highest BCUT2D eigenvalue weighted by atomic mass is 16.2. The van der Waals surface area contributed by atoms with E-state index in [0.29, 0.717) is 13.0 Å². The molecule has 1 aliphatic heterocycles. The number of carbonyl (C=O) groups is 3. The third-order valence-corrected chi connectivity index (χ3v) is 5.95. The Morgan fingerprint density at radius 1 is 1.22 bits per heavy atom. The van der Waals surface area contributed by atoms with E-state index in [1.165, 1.54) is 0 Å². The van der Waals surface area contributed by atoms with Crippen molar-refractivity contribution in [2.75, 3.05) is 13.1 Å². The first kappa shape index (κ1) is 17.8. The number of imide groups is 1. The summed E-state index contributed by atoms with van der Waals surface area (Å²) in [5.41, 5.74) is 1.96. The largest absolute Gasteiger partial charge is 0.325 e. The molecule has 1 N–H and O–H groups in total. The number of hydrogen-bond donors (Lipinski definition) is 1. The molecule has 0 aromatic heterocycles. The number of hydrogen-bond acceptors (Lipinski definition) is 3. The highest BCUT2D eigenvalue weighted by Crippen LogP contribution is 2.41. The number of nitrogens with zero attached hydrogens (tertiary/aromatic N) is 2. The number of carbonyl (C=O) groups excluding carboxylic acids is 3. The molecule has 142 valence electrons. The molecule has 1 fully saturated rings. The molecule has 6 heteroatoms. The Hall–Kier alpha value is -2.63. The van der Waals surface area contributed by atoms with Gasteiger partial charge in [0.05, 0.1) is 0 Å². The number of fused-ring (bicyclic) bond motifs is 2. The molecule has 1 aromatic rings. The van der Waals surface area contributed by atoms with Gasteiger partial charge in [-0.1, -0.05) is 30.3 Å². The van der Waals surface area contributed by atoms with Crippen LogP contribution in [0.5, 0.6) is 0 Å². The summed E-state index contributed by atoms with van der Waals surface area (Å²) >= 11 is 0. The highest BCUT2D eigenvalue weighted by molar-refractivity contribution is 6.10. The van der Waals surface area contributed by atoms with Crippen LogP contribution >= 0.6 is 0 Å². The number of urea groups is 1. The number of allylic oxidation sites excluding steroid dienone is 2. The Balaban J connectivity index is 1.55. The minimum Gasteiger partial charge on any atom is -0.319 e. The van der Waals surface area contributed by atoms with Gasteiger partial charge < -0.3 is 10.2 Å². The molecule has 0 unspecified atom stereocenters. The van der Waals surface area contributed by atoms with E-state index in [1.54, 1.807) is 4.90 Å². The van der Waals surface area contributed by atoms with Gasteiger partial charge in [-0.25, -0.2) is 4.79 Å². The van der Waals surface area contributed by atoms with Crippen LogP contribution in [-0.4, -0.2) is 40.7 Å². The lowest BCUT2D eigenvalue weighted by Gasteiger charge is -2.28. The van der Waals surface area contributed by atoms with Crippen molar-refractivity contribution in [1.82, 2.24) is 15.1 Å². The third-order valence-electron chi connectivity index (χ3n) is 5.95. The van der Waals surface area contributed by atoms with Crippen molar-refractivity contribution in [1.29, 1.82) is 0 Å². The zero-order valence-electron chi connectivity index (χ0n) is 15.7. The monoisotopic (exact) mass is 367 g/mol. The minimum atomic E-state index is -1.00. The average Bonchev–Trinajstić information content (AvgIpc) is 3.17. The van der Waals surface area contributed by atoms with E-state index in [9.17, 15) is 14.4 Å². The number of nitrogens with one attached hydrogen (secondary N) is 1. The van der Waals surface area contributed by atoms with Crippen LogP contribution < -0.4 is 5.32 Å². The zero-order valence-corrected chi connectivity index (χ0v) is 15.7. The van der Waals surface area contributed by atoms with E-state index in [4.69, 9.17) is 0 Å². The van der Waals surface area contributed by atoms with Gasteiger partial charge in [-0.2, -0.15) is 0 Å². The Bertz CT molecular complexity index is 832. The Kier molecular flexibility index (Phi) is 4.50. The van der Waals surface area contributed by atoms with Gasteiger partial charge in [0.15, 0.2) is 0 Å². The molecule has 4 rings (SSSR count). The van der Waals surface area contributed by atoms with E-state index in [1.807, 2.05) is 31.2 Å². The van der Waals surface area contributed by atoms with Gasteiger partial charge in [0.1, 0.15) is 12.1 Å². The first-order valence-electron chi connectivity index (χ1n) is 9.78. The van der Waals surface area contributed by atoms with Gasteiger partial charge >= 0.3 is 6.03 Å². The van der Waals surface area contributed by atoms with Crippen LogP contribution in [0.3, 0.4) is 0 Å². The lowest BCUT2D eigenvalue weighted by molar-refractivity contribution is -0.138. The van der Waals surface area contributed by atoms with Crippen LogP contribution in [0.15, 0.2) is 36.0 Å². The topological polar surface area (TPSA) is 69.7 Å². The van der Waals surface area contributed by atoms with Crippen molar-refractivity contribution in [3.63, 3.8) is 0 Å². The summed E-state index contributed by atoms with van der Waals surface area (Å²) in [7, 11) is 0. The summed E-state index contributed by atoms with van der Waals surface area (Å²) in [5.74, 6) is -0.503. The molecule has 3 aliphatic rings. The number of amides is 4. The molecule has 1 atom stereocenters. The van der Waals surface area contributed by atoms with Crippen molar-refractivity contribution < 1.29 is 14.4 Å². The molecule has 6 nitrogen and oxygen atoms in total. The lowest BCUT2D eigenvalue weighted by Crippen LogP contribution is -2.44. The fourth-order valence-electron chi connectivity index (χ4n) is 4.56. The van der Waals surface area contributed by atoms with Crippen LogP contribution in [0.4, 0.5) is 4.79 Å². The first-order valence-corrected chi connectivity index (χ1v) is 9.78. The second-order valence-electron chi connectivity index (χ2n) is 7.46. The summed E-state index contributed by atoms with van der Waals surface area (Å²) in [4.78, 5) is 41.5. The lowest BCUT2D eigenvalue weighted by atomic mass is 9.92. The summed E-state index contributed by atoms with van der Waals surface area (Å²) in [6.45, 7) is 2.26. The molecular weight excluding hydrogens is 342 g/mol. The van der Waals surface area contributed by atoms with E-state index < -0.39 is 11.6 Å². The zero-order chi connectivity index (χ0) is 19.0. The van der Waals surface area contributed by atoms with Crippen molar-refractivity contribution in [3.8, 4) is 0 Å². The number of benzene rings is 1. The third kappa shape index (κ3) is 2.83. The molecular formula is C21H25N3O3. The molecule has 4 amide bonds. The van der Waals surface area contributed by atoms with E-state index in [2.05, 4.69) is 11.4 Å². The second-order valence-corrected chi connectivity index (χ2v) is 7.46. The van der Waals surface area contributed by atoms with E-state index in [-0.39, 0.29) is 18.4 Å². The molecule has 1 saturated heterocycles. The molecule has 0 saturated carbocycles. The fraction of sp³-hybridized carbons (Fsp3) is 0.476. The van der Waals surface area contributed by atoms with Gasteiger partial charge in [0, 0.05) is 12.2 Å². The predicted molar refractivity (Wildman–Crippen MR) is 101 cm³/mol. The van der Waals surface area contributed by atoms with Gasteiger partial charge in [-0.05, 0) is 56.6 Å². The second kappa shape index (κ2) is 6.83. The molecule has 1 spiro atoms. The maximum Gasteiger partial charge on any atom is 0.325 e. The van der Waals surface area contributed by atoms with Gasteiger partial charge in [0.25, 0.3) is 5.91 Å². The van der Waals surface area contributed by atoms with Crippen molar-refractivity contribution >= 4 is 17.8 Å². The number of aryl methyl sites for hydroxylation is 1. The maximum absolute atomic E-state index is 13.2. The van der Waals surface area contributed by atoms with Crippen LogP contribution in [0, 0.1) is 0 Å². The summed E-state index contributed by atoms with van der Waals surface area (Å²) in [6.07, 6.45) is 7.45. The van der Waals surface area contributed by atoms with Gasteiger partial charge in [-0.15, -0.1) is 0 Å². The van der Waals surface area contributed by atoms with Crippen LogP contribution in [0.25, 0.3) is 0 Å². The van der Waals surface area contributed by atoms with Gasteiger partial charge in [0.2, 0.25) is 5.91 Å². The molecule has 0 radical (unpaired) electrons. The molecule has 1 heterocycles. The highest BCUT2D eigenvalue weighted by Gasteiger charge is 2.55. The summed E-state index contributed by atoms with van der Waals surface area (Å²) in [6, 6.07) is 7.24. The van der Waals surface area contributed by atoms with Crippen LogP contribution in [0.2, 0.25) is 0 Å². The quantitative estimate of drug-likeness (QED) is 0.832. The fourth-order valence-corrected chi connectivity index (χ4v) is 4.56. The normalized spacial score (nSPS) is 24.0. The average molecular weight is 367 g/mol. The Morgan fingerprint density at radius 3 is 2.78 bits per heavy atom. The van der Waals surface area contributed by atoms with Gasteiger partial charge in [-0.3, -0.25) is 14.5 Å². The minimum absolute atomic E-state index is 0.197. The van der Waals surface area contributed by atoms with Crippen molar-refractivity contribution in [3.05, 3.63) is 47.2 Å². The summed E-state index contributed by atoms with van der Waals surface area (Å²) in [5, 5.41) is 2.88. The number of likely N-dealkylation sites (N-methyl/N-ethyl adjacent to an activating group) is 1. The maximum atomic E-state index is 13.2. The molecule has 0 bridgehead atoms. The van der Waals surface area contributed by atoms with Crippen LogP contribution in [-0.2, 0) is 21.5 Å². The predicted octanol–water partition coefficient (Wildman–Crippen LogP) is 2.69. The Morgan fingerprint density at radius 2 is 2.04 bits per heavy atom. The standard InChI is InChI=1S/C21H25N3O3/c1-2-23(16-9-4-3-5-10-16)18(25)14-24-19(26)21(22-20(24)27)13-12-15-8-6-7-11-17(15)21/h6-9,11H,2-5,10,12-14H2,1H3,(H,22,27)/t21-/m1/s1. The summed E-state index contributed by atoms with van der Waals surface area (Å²) < 4.78 is 0. The van der Waals surface area contributed by atoms with Crippen molar-refractivity contribution in [2.24, 2.45) is 0 Å². The van der Waals surface area contributed by atoms with Crippen LogP contribution in [0.1, 0.15) is 50.2 Å². The van der Waals surface area contributed by atoms with E-state index >= 15 is 0 Å². The molecule has 27 heavy (non-hydrogen) atoms. The molecule has 1 aromatic carbocycles. The SMILES string of the molecule is CCN(C(=O)CN1C(=O)N[C@@]2(CCc3ccccc32)C1=O)C1=CCCCC1. The van der Waals surface area contributed by atoms with Crippen molar-refractivity contribution in [2.45, 2.75) is 51.0 Å². The number of rotatable bonds is 4. The molecule has 2 aliphatic carbocycles. The first-order chi connectivity index (χ1) is 13.1. The van der Waals surface area contributed by atoms with E-state index in [0.717, 1.165) is 53.8 Å². The Labute approximate surface area is 159 Å².